The lowest BCUT2D eigenvalue weighted by molar-refractivity contribution is -0.385. The maximum absolute atomic E-state index is 12.5. The zero-order valence-electron chi connectivity index (χ0n) is 15.7. The summed E-state index contributed by atoms with van der Waals surface area (Å²) >= 11 is 9.22. The van der Waals surface area contributed by atoms with E-state index in [-0.39, 0.29) is 33.4 Å². The number of hydrogen-bond acceptors (Lipinski definition) is 7. The first kappa shape index (κ1) is 22.7. The van der Waals surface area contributed by atoms with Gasteiger partial charge in [0.2, 0.25) is 0 Å². The number of carbonyl (C=O) groups excluding carboxylic acids is 1. The average Bonchev–Trinajstić information content (AvgIpc) is 3.21. The van der Waals surface area contributed by atoms with E-state index in [0.717, 1.165) is 6.07 Å². The second-order valence-corrected chi connectivity index (χ2v) is 7.43. The normalized spacial score (nSPS) is 11.0. The smallest absolute Gasteiger partial charge is 0.271 e. The maximum Gasteiger partial charge on any atom is 0.271 e. The SMILES string of the molecule is N#C/C(=C\c1ccc(-c2ccc([N+](=O)[O-])cc2Br)o1)C(=O)Nc1cc([N+](=O)[O-])ccc1Cl. The molecule has 160 valence electrons. The number of nitrogens with zero attached hydrogens (tertiary/aromatic N) is 3. The molecule has 0 fully saturated rings. The maximum atomic E-state index is 12.5. The van der Waals surface area contributed by atoms with Crippen LogP contribution in [0.1, 0.15) is 5.76 Å². The molecule has 0 spiro atoms. The van der Waals surface area contributed by atoms with E-state index < -0.39 is 15.8 Å². The molecule has 0 radical (unpaired) electrons. The largest absolute Gasteiger partial charge is 0.457 e. The van der Waals surface area contributed by atoms with Crippen LogP contribution in [-0.2, 0) is 4.79 Å². The molecule has 0 atom stereocenters. The fourth-order valence-electron chi connectivity index (χ4n) is 2.60. The van der Waals surface area contributed by atoms with Crippen LogP contribution in [-0.4, -0.2) is 15.8 Å². The van der Waals surface area contributed by atoms with Crippen molar-refractivity contribution in [1.29, 1.82) is 5.26 Å². The Balaban J connectivity index is 1.85. The Morgan fingerprint density at radius 1 is 1.09 bits per heavy atom. The Labute approximate surface area is 193 Å². The average molecular weight is 518 g/mol. The van der Waals surface area contributed by atoms with Crippen LogP contribution in [0.2, 0.25) is 5.02 Å². The number of furan rings is 1. The molecule has 1 heterocycles. The molecule has 32 heavy (non-hydrogen) atoms. The number of hydrogen-bond donors (Lipinski definition) is 1. The summed E-state index contributed by atoms with van der Waals surface area (Å²) in [4.78, 5) is 33.1. The van der Waals surface area contributed by atoms with Gasteiger partial charge in [0, 0.05) is 40.4 Å². The number of benzene rings is 2. The predicted octanol–water partition coefficient (Wildman–Crippen LogP) is 5.72. The number of nitro benzene ring substituents is 2. The second-order valence-electron chi connectivity index (χ2n) is 6.17. The zero-order chi connectivity index (χ0) is 23.4. The highest BCUT2D eigenvalue weighted by atomic mass is 79.9. The first-order chi connectivity index (χ1) is 15.2. The van der Waals surface area contributed by atoms with Crippen molar-refractivity contribution in [3.63, 3.8) is 0 Å². The quantitative estimate of drug-likeness (QED) is 0.190. The Kier molecular flexibility index (Phi) is 6.67. The van der Waals surface area contributed by atoms with Crippen LogP contribution < -0.4 is 5.32 Å². The predicted molar refractivity (Wildman–Crippen MR) is 119 cm³/mol. The van der Waals surface area contributed by atoms with Crippen molar-refractivity contribution < 1.29 is 19.1 Å². The number of non-ortho nitro benzene ring substituents is 2. The molecule has 0 bridgehead atoms. The highest BCUT2D eigenvalue weighted by molar-refractivity contribution is 9.10. The van der Waals surface area contributed by atoms with E-state index in [1.165, 1.54) is 42.5 Å². The van der Waals surface area contributed by atoms with Gasteiger partial charge in [0.25, 0.3) is 17.3 Å². The summed E-state index contributed by atoms with van der Waals surface area (Å²) in [5.74, 6) is -0.330. The Hall–Kier alpha value is -4.01. The molecule has 0 saturated carbocycles. The molecule has 3 aromatic rings. The topological polar surface area (TPSA) is 152 Å². The van der Waals surface area contributed by atoms with Gasteiger partial charge in [0.15, 0.2) is 0 Å². The monoisotopic (exact) mass is 516 g/mol. The van der Waals surface area contributed by atoms with Crippen molar-refractivity contribution in [3.05, 3.63) is 89.6 Å². The summed E-state index contributed by atoms with van der Waals surface area (Å²) in [6.45, 7) is 0. The molecule has 1 aromatic heterocycles. The first-order valence-corrected chi connectivity index (χ1v) is 9.78. The second kappa shape index (κ2) is 9.42. The van der Waals surface area contributed by atoms with Gasteiger partial charge in [-0.25, -0.2) is 0 Å². The molecule has 1 amide bonds. The highest BCUT2D eigenvalue weighted by Crippen LogP contribution is 2.33. The number of nitro groups is 2. The summed E-state index contributed by atoms with van der Waals surface area (Å²) in [6, 6.07) is 12.5. The van der Waals surface area contributed by atoms with Gasteiger partial charge in [-0.2, -0.15) is 5.26 Å². The van der Waals surface area contributed by atoms with Crippen molar-refractivity contribution in [1.82, 2.24) is 0 Å². The standard InChI is InChI=1S/C20H10BrClN4O6/c21-16-8-12(25(28)29)1-4-15(16)19-6-3-14(32-19)7-11(10-23)20(27)24-18-9-13(26(30)31)2-5-17(18)22/h1-9H,(H,24,27)/b11-7+. The van der Waals surface area contributed by atoms with E-state index >= 15 is 0 Å². The third-order valence-corrected chi connectivity index (χ3v) is 5.10. The van der Waals surface area contributed by atoms with E-state index in [4.69, 9.17) is 16.0 Å². The van der Waals surface area contributed by atoms with Crippen LogP contribution >= 0.6 is 27.5 Å². The molecule has 0 aliphatic heterocycles. The van der Waals surface area contributed by atoms with Gasteiger partial charge in [0.1, 0.15) is 23.2 Å². The van der Waals surface area contributed by atoms with E-state index in [9.17, 15) is 30.3 Å². The summed E-state index contributed by atoms with van der Waals surface area (Å²) in [5, 5.41) is 33.6. The Morgan fingerprint density at radius 3 is 2.38 bits per heavy atom. The molecule has 0 unspecified atom stereocenters. The zero-order valence-corrected chi connectivity index (χ0v) is 18.1. The number of amides is 1. The van der Waals surface area contributed by atoms with E-state index in [1.807, 2.05) is 0 Å². The van der Waals surface area contributed by atoms with E-state index in [0.29, 0.717) is 15.8 Å². The van der Waals surface area contributed by atoms with Crippen LogP contribution in [0.3, 0.4) is 0 Å². The van der Waals surface area contributed by atoms with Crippen molar-refractivity contribution >= 4 is 56.6 Å². The van der Waals surface area contributed by atoms with Gasteiger partial charge < -0.3 is 9.73 Å². The number of halogens is 2. The summed E-state index contributed by atoms with van der Waals surface area (Å²) in [5.41, 5.74) is -0.216. The van der Waals surface area contributed by atoms with Gasteiger partial charge in [-0.05, 0) is 40.2 Å². The third kappa shape index (κ3) is 5.00. The molecule has 1 N–H and O–H groups in total. The summed E-state index contributed by atoms with van der Waals surface area (Å²) in [6.07, 6.45) is 1.18. The molecule has 2 aromatic carbocycles. The lowest BCUT2D eigenvalue weighted by Crippen LogP contribution is -2.13. The van der Waals surface area contributed by atoms with Crippen molar-refractivity contribution in [2.75, 3.05) is 5.32 Å². The molecule has 10 nitrogen and oxygen atoms in total. The van der Waals surface area contributed by atoms with Crippen LogP contribution in [0.4, 0.5) is 17.1 Å². The van der Waals surface area contributed by atoms with Gasteiger partial charge in [0.05, 0.1) is 20.6 Å². The van der Waals surface area contributed by atoms with Crippen molar-refractivity contribution in [3.8, 4) is 17.4 Å². The molecular formula is C20H10BrClN4O6. The number of nitriles is 1. The van der Waals surface area contributed by atoms with E-state index in [1.54, 1.807) is 12.1 Å². The summed E-state index contributed by atoms with van der Waals surface area (Å²) < 4.78 is 6.06. The molecule has 0 aliphatic rings. The fraction of sp³-hybridized carbons (Fsp3) is 0. The van der Waals surface area contributed by atoms with Gasteiger partial charge >= 0.3 is 0 Å². The molecule has 12 heteroatoms. The highest BCUT2D eigenvalue weighted by Gasteiger charge is 2.17. The van der Waals surface area contributed by atoms with Crippen LogP contribution in [0.5, 0.6) is 0 Å². The van der Waals surface area contributed by atoms with Gasteiger partial charge in [-0.15, -0.1) is 0 Å². The molecule has 0 saturated heterocycles. The van der Waals surface area contributed by atoms with Gasteiger partial charge in [-0.1, -0.05) is 11.6 Å². The number of rotatable bonds is 6. The minimum absolute atomic E-state index is 0.0260. The van der Waals surface area contributed by atoms with Crippen LogP contribution in [0.25, 0.3) is 17.4 Å². The number of anilines is 1. The van der Waals surface area contributed by atoms with E-state index in [2.05, 4.69) is 21.2 Å². The van der Waals surface area contributed by atoms with Crippen LogP contribution in [0.15, 0.2) is 63.0 Å². The Bertz CT molecular complexity index is 1330. The van der Waals surface area contributed by atoms with Crippen LogP contribution in [0, 0.1) is 31.6 Å². The lowest BCUT2D eigenvalue weighted by Gasteiger charge is -2.06. The molecular weight excluding hydrogens is 508 g/mol. The van der Waals surface area contributed by atoms with Crippen molar-refractivity contribution in [2.45, 2.75) is 0 Å². The summed E-state index contributed by atoms with van der Waals surface area (Å²) in [7, 11) is 0. The number of nitrogens with one attached hydrogen (secondary N) is 1. The minimum atomic E-state index is -0.843. The number of carbonyl (C=O) groups is 1. The van der Waals surface area contributed by atoms with Gasteiger partial charge in [-0.3, -0.25) is 25.0 Å². The first-order valence-electron chi connectivity index (χ1n) is 8.61. The molecule has 3 rings (SSSR count). The lowest BCUT2D eigenvalue weighted by atomic mass is 10.1. The van der Waals surface area contributed by atoms with Crippen molar-refractivity contribution in [2.24, 2.45) is 0 Å². The minimum Gasteiger partial charge on any atom is -0.457 e. The fourth-order valence-corrected chi connectivity index (χ4v) is 3.32. The molecule has 0 aliphatic carbocycles. The Morgan fingerprint density at radius 2 is 1.75 bits per heavy atom. The third-order valence-electron chi connectivity index (χ3n) is 4.12.